The molecule has 19 heavy (non-hydrogen) atoms. The highest BCUT2D eigenvalue weighted by Crippen LogP contribution is 2.22. The van der Waals surface area contributed by atoms with Crippen molar-refractivity contribution in [1.82, 2.24) is 9.97 Å². The van der Waals surface area contributed by atoms with Crippen molar-refractivity contribution in [1.29, 1.82) is 0 Å². The highest BCUT2D eigenvalue weighted by molar-refractivity contribution is 6.37. The van der Waals surface area contributed by atoms with Crippen LogP contribution in [0.15, 0.2) is 30.7 Å². The Balaban J connectivity index is 2.35. The number of nitrogens with zero attached hydrogens (tertiary/aromatic N) is 2. The number of ether oxygens (including phenoxy) is 1. The molecular weight excluding hydrogens is 287 g/mol. The van der Waals surface area contributed by atoms with Crippen LogP contribution in [0.25, 0.3) is 0 Å². The van der Waals surface area contributed by atoms with Crippen molar-refractivity contribution >= 4 is 29.0 Å². The molecule has 98 valence electrons. The first kappa shape index (κ1) is 13.8. The topological polar surface area (TPSA) is 52.1 Å². The number of ketones is 1. The number of halogens is 2. The van der Waals surface area contributed by atoms with Crippen LogP contribution in [0.2, 0.25) is 10.0 Å². The summed E-state index contributed by atoms with van der Waals surface area (Å²) in [6, 6.07) is 3.08. The molecule has 0 amide bonds. The minimum Gasteiger partial charge on any atom is -0.492 e. The van der Waals surface area contributed by atoms with Crippen LogP contribution in [0.1, 0.15) is 23.0 Å². The lowest BCUT2D eigenvalue weighted by atomic mass is 10.1. The van der Waals surface area contributed by atoms with E-state index >= 15 is 0 Å². The largest absolute Gasteiger partial charge is 0.492 e. The number of carbonyl (C=O) groups excluding carboxylic acids is 1. The van der Waals surface area contributed by atoms with Crippen molar-refractivity contribution in [2.24, 2.45) is 0 Å². The van der Waals surface area contributed by atoms with Crippen LogP contribution in [0.3, 0.4) is 0 Å². The highest BCUT2D eigenvalue weighted by Gasteiger charge is 2.16. The Bertz CT molecular complexity index is 617. The van der Waals surface area contributed by atoms with Crippen molar-refractivity contribution in [3.63, 3.8) is 0 Å². The summed E-state index contributed by atoms with van der Waals surface area (Å²) in [5.41, 5.74) is 0.504. The Morgan fingerprint density at radius 1 is 1.26 bits per heavy atom. The molecule has 0 fully saturated rings. The molecule has 2 rings (SSSR count). The standard InChI is InChI=1S/C13H10Cl2N2O2/c1-2-19-10-3-8(5-16-7-10)13(18)12-11(15)4-9(14)6-17-12/h3-7H,2H2,1H3. The molecule has 0 unspecified atom stereocenters. The van der Waals surface area contributed by atoms with E-state index in [1.54, 1.807) is 6.07 Å². The summed E-state index contributed by atoms with van der Waals surface area (Å²) in [4.78, 5) is 20.2. The molecule has 0 aliphatic carbocycles. The number of aromatic nitrogens is 2. The lowest BCUT2D eigenvalue weighted by Gasteiger charge is -2.05. The van der Waals surface area contributed by atoms with Crippen LogP contribution in [0, 0.1) is 0 Å². The van der Waals surface area contributed by atoms with E-state index in [4.69, 9.17) is 27.9 Å². The molecule has 6 heteroatoms. The molecule has 0 saturated carbocycles. The summed E-state index contributed by atoms with van der Waals surface area (Å²) < 4.78 is 5.29. The van der Waals surface area contributed by atoms with E-state index in [0.29, 0.717) is 22.9 Å². The fraction of sp³-hybridized carbons (Fsp3) is 0.154. The second-order valence-corrected chi connectivity index (χ2v) is 4.50. The third-order valence-corrected chi connectivity index (χ3v) is 2.80. The predicted octanol–water partition coefficient (Wildman–Crippen LogP) is 3.41. The van der Waals surface area contributed by atoms with Gasteiger partial charge in [0, 0.05) is 18.0 Å². The third-order valence-electron chi connectivity index (χ3n) is 2.31. The average molecular weight is 297 g/mol. The maximum atomic E-state index is 12.2. The van der Waals surface area contributed by atoms with Crippen LogP contribution >= 0.6 is 23.2 Å². The number of hydrogen-bond acceptors (Lipinski definition) is 4. The van der Waals surface area contributed by atoms with Gasteiger partial charge < -0.3 is 4.74 Å². The monoisotopic (exact) mass is 296 g/mol. The van der Waals surface area contributed by atoms with Gasteiger partial charge in [-0.05, 0) is 19.1 Å². The zero-order chi connectivity index (χ0) is 13.8. The van der Waals surface area contributed by atoms with Crippen molar-refractivity contribution in [3.05, 3.63) is 52.0 Å². The van der Waals surface area contributed by atoms with E-state index in [1.165, 1.54) is 24.7 Å². The Morgan fingerprint density at radius 2 is 2.05 bits per heavy atom. The minimum absolute atomic E-state index is 0.140. The molecule has 0 spiro atoms. The minimum atomic E-state index is -0.323. The van der Waals surface area contributed by atoms with Crippen LogP contribution in [-0.2, 0) is 0 Å². The van der Waals surface area contributed by atoms with Gasteiger partial charge in [-0.2, -0.15) is 0 Å². The molecular formula is C13H10Cl2N2O2. The molecule has 2 aromatic rings. The summed E-state index contributed by atoms with van der Waals surface area (Å²) in [5.74, 6) is 0.203. The molecule has 0 bridgehead atoms. The van der Waals surface area contributed by atoms with E-state index in [9.17, 15) is 4.79 Å². The molecule has 0 saturated heterocycles. The lowest BCUT2D eigenvalue weighted by Crippen LogP contribution is -2.06. The number of rotatable bonds is 4. The molecule has 0 N–H and O–H groups in total. The van der Waals surface area contributed by atoms with Crippen LogP contribution in [-0.4, -0.2) is 22.4 Å². The second kappa shape index (κ2) is 5.99. The first-order valence-corrected chi connectivity index (χ1v) is 6.31. The fourth-order valence-corrected chi connectivity index (χ4v) is 1.97. The highest BCUT2D eigenvalue weighted by atomic mass is 35.5. The Labute approximate surface area is 120 Å². The third kappa shape index (κ3) is 3.22. The van der Waals surface area contributed by atoms with Gasteiger partial charge >= 0.3 is 0 Å². The summed E-state index contributed by atoms with van der Waals surface area (Å²) >= 11 is 11.7. The van der Waals surface area contributed by atoms with Gasteiger partial charge in [0.2, 0.25) is 5.78 Å². The van der Waals surface area contributed by atoms with Crippen LogP contribution in [0.4, 0.5) is 0 Å². The zero-order valence-electron chi connectivity index (χ0n) is 10.1. The Morgan fingerprint density at radius 3 is 2.74 bits per heavy atom. The van der Waals surface area contributed by atoms with Gasteiger partial charge in [0.15, 0.2) is 0 Å². The average Bonchev–Trinajstić information content (AvgIpc) is 2.39. The Hall–Kier alpha value is -1.65. The van der Waals surface area contributed by atoms with Gasteiger partial charge in [-0.15, -0.1) is 0 Å². The van der Waals surface area contributed by atoms with Crippen molar-refractivity contribution in [2.75, 3.05) is 6.61 Å². The zero-order valence-corrected chi connectivity index (χ0v) is 11.6. The Kier molecular flexibility index (Phi) is 4.35. The smallest absolute Gasteiger partial charge is 0.214 e. The molecule has 4 nitrogen and oxygen atoms in total. The number of hydrogen-bond donors (Lipinski definition) is 0. The quantitative estimate of drug-likeness (QED) is 0.811. The van der Waals surface area contributed by atoms with Crippen molar-refractivity contribution < 1.29 is 9.53 Å². The van der Waals surface area contributed by atoms with Gasteiger partial charge in [-0.1, -0.05) is 23.2 Å². The van der Waals surface area contributed by atoms with E-state index in [1.807, 2.05) is 6.92 Å². The first-order chi connectivity index (χ1) is 9.11. The number of carbonyl (C=O) groups is 1. The van der Waals surface area contributed by atoms with E-state index < -0.39 is 0 Å². The second-order valence-electron chi connectivity index (χ2n) is 3.66. The summed E-state index contributed by atoms with van der Waals surface area (Å²) in [7, 11) is 0. The molecule has 2 aromatic heterocycles. The fourth-order valence-electron chi connectivity index (χ4n) is 1.51. The molecule has 2 heterocycles. The molecule has 0 aliphatic rings. The van der Waals surface area contributed by atoms with E-state index in [0.717, 1.165) is 0 Å². The molecule has 0 radical (unpaired) electrons. The molecule has 0 aliphatic heterocycles. The SMILES string of the molecule is CCOc1cncc(C(=O)c2ncc(Cl)cc2Cl)c1. The molecule has 0 aromatic carbocycles. The lowest BCUT2D eigenvalue weighted by molar-refractivity contribution is 0.103. The maximum absolute atomic E-state index is 12.2. The summed E-state index contributed by atoms with van der Waals surface area (Å²) in [6.45, 7) is 2.35. The maximum Gasteiger partial charge on any atom is 0.214 e. The van der Waals surface area contributed by atoms with Crippen LogP contribution < -0.4 is 4.74 Å². The summed E-state index contributed by atoms with van der Waals surface area (Å²) in [6.07, 6.45) is 4.36. The van der Waals surface area contributed by atoms with Gasteiger partial charge in [-0.3, -0.25) is 9.78 Å². The predicted molar refractivity (Wildman–Crippen MR) is 73.1 cm³/mol. The number of pyridine rings is 2. The summed E-state index contributed by atoms with van der Waals surface area (Å²) in [5, 5.41) is 0.585. The van der Waals surface area contributed by atoms with E-state index in [-0.39, 0.29) is 16.5 Å². The molecule has 0 atom stereocenters. The van der Waals surface area contributed by atoms with Crippen molar-refractivity contribution in [3.8, 4) is 5.75 Å². The van der Waals surface area contributed by atoms with Gasteiger partial charge in [0.05, 0.1) is 22.8 Å². The van der Waals surface area contributed by atoms with E-state index in [2.05, 4.69) is 9.97 Å². The van der Waals surface area contributed by atoms with Gasteiger partial charge in [-0.25, -0.2) is 4.98 Å². The first-order valence-electron chi connectivity index (χ1n) is 5.55. The van der Waals surface area contributed by atoms with Crippen LogP contribution in [0.5, 0.6) is 5.75 Å². The van der Waals surface area contributed by atoms with Gasteiger partial charge in [0.1, 0.15) is 11.4 Å². The van der Waals surface area contributed by atoms with Gasteiger partial charge in [0.25, 0.3) is 0 Å². The van der Waals surface area contributed by atoms with Crippen molar-refractivity contribution in [2.45, 2.75) is 6.92 Å². The normalized spacial score (nSPS) is 10.3.